The Labute approximate surface area is 126 Å². The molecule has 1 aromatic carbocycles. The van der Waals surface area contributed by atoms with Crippen LogP contribution in [0, 0.1) is 0 Å². The number of aromatic nitrogens is 5. The van der Waals surface area contributed by atoms with Crippen LogP contribution in [0.25, 0.3) is 10.9 Å². The average Bonchev–Trinajstić information content (AvgIpc) is 3.18. The van der Waals surface area contributed by atoms with Crippen LogP contribution in [0.5, 0.6) is 0 Å². The second-order valence-electron chi connectivity index (χ2n) is 5.28. The van der Waals surface area contributed by atoms with E-state index < -0.39 is 0 Å². The number of rotatable bonds is 3. The third kappa shape index (κ3) is 2.51. The highest BCUT2D eigenvalue weighted by Crippen LogP contribution is 2.34. The fraction of sp³-hybridized carbons (Fsp3) is 0.333. The van der Waals surface area contributed by atoms with E-state index in [9.17, 15) is 0 Å². The highest BCUT2D eigenvalue weighted by molar-refractivity contribution is 7.99. The van der Waals surface area contributed by atoms with E-state index in [-0.39, 0.29) is 0 Å². The van der Waals surface area contributed by atoms with Crippen LogP contribution in [0.15, 0.2) is 40.8 Å². The maximum Gasteiger partial charge on any atom is 0.214 e. The standard InChI is InChI=1S/C15H15N5S/c1-2-6-10(5-1)13-18-15(20-19-13)21-14-11-7-3-4-8-12(11)16-9-17-14/h3-4,7-10H,1-2,5-6H2,(H,18,19,20). The third-order valence-electron chi connectivity index (χ3n) is 3.92. The van der Waals surface area contributed by atoms with Crippen LogP contribution in [0.1, 0.15) is 37.4 Å². The largest absolute Gasteiger partial charge is 0.262 e. The Kier molecular flexibility index (Phi) is 3.31. The number of hydrogen-bond acceptors (Lipinski definition) is 5. The van der Waals surface area contributed by atoms with Crippen LogP contribution < -0.4 is 0 Å². The summed E-state index contributed by atoms with van der Waals surface area (Å²) < 4.78 is 0. The van der Waals surface area contributed by atoms with Gasteiger partial charge < -0.3 is 0 Å². The third-order valence-corrected chi connectivity index (χ3v) is 4.80. The van der Waals surface area contributed by atoms with Crippen LogP contribution >= 0.6 is 11.8 Å². The molecule has 0 atom stereocenters. The molecule has 106 valence electrons. The van der Waals surface area contributed by atoms with Gasteiger partial charge in [-0.3, -0.25) is 5.10 Å². The smallest absolute Gasteiger partial charge is 0.214 e. The van der Waals surface area contributed by atoms with Crippen molar-refractivity contribution in [2.45, 2.75) is 41.8 Å². The highest BCUT2D eigenvalue weighted by Gasteiger charge is 2.21. The van der Waals surface area contributed by atoms with Crippen molar-refractivity contribution in [3.8, 4) is 0 Å². The van der Waals surface area contributed by atoms with E-state index in [0.29, 0.717) is 5.92 Å². The lowest BCUT2D eigenvalue weighted by Crippen LogP contribution is -1.94. The zero-order valence-electron chi connectivity index (χ0n) is 11.5. The molecule has 3 aromatic rings. The molecule has 0 bridgehead atoms. The minimum Gasteiger partial charge on any atom is -0.262 e. The molecule has 1 fully saturated rings. The van der Waals surface area contributed by atoms with E-state index in [1.165, 1.54) is 37.4 Å². The fourth-order valence-electron chi connectivity index (χ4n) is 2.83. The molecular weight excluding hydrogens is 282 g/mol. The van der Waals surface area contributed by atoms with Crippen molar-refractivity contribution in [3.05, 3.63) is 36.4 Å². The molecule has 6 heteroatoms. The van der Waals surface area contributed by atoms with Gasteiger partial charge >= 0.3 is 0 Å². The zero-order valence-corrected chi connectivity index (χ0v) is 12.3. The zero-order chi connectivity index (χ0) is 14.1. The lowest BCUT2D eigenvalue weighted by molar-refractivity contribution is 0.671. The number of para-hydroxylation sites is 1. The molecule has 1 N–H and O–H groups in total. The van der Waals surface area contributed by atoms with Gasteiger partial charge in [0.25, 0.3) is 0 Å². The number of H-pyrrole nitrogens is 1. The first-order valence-electron chi connectivity index (χ1n) is 7.20. The number of fused-ring (bicyclic) bond motifs is 1. The van der Waals surface area contributed by atoms with Gasteiger partial charge in [-0.2, -0.15) is 0 Å². The van der Waals surface area contributed by atoms with Gasteiger partial charge in [-0.05, 0) is 30.7 Å². The number of nitrogens with one attached hydrogen (secondary N) is 1. The monoisotopic (exact) mass is 297 g/mol. The van der Waals surface area contributed by atoms with Gasteiger partial charge in [0.1, 0.15) is 17.2 Å². The molecule has 1 aliphatic rings. The molecule has 0 aliphatic heterocycles. The topological polar surface area (TPSA) is 67.3 Å². The van der Waals surface area contributed by atoms with Gasteiger partial charge in [-0.15, -0.1) is 5.10 Å². The van der Waals surface area contributed by atoms with Gasteiger partial charge in [-0.25, -0.2) is 15.0 Å². The van der Waals surface area contributed by atoms with Crippen molar-refractivity contribution < 1.29 is 0 Å². The van der Waals surface area contributed by atoms with E-state index in [0.717, 1.165) is 26.9 Å². The molecule has 1 aliphatic carbocycles. The maximum atomic E-state index is 4.63. The quantitative estimate of drug-likeness (QED) is 0.749. The number of aromatic amines is 1. The summed E-state index contributed by atoms with van der Waals surface area (Å²) in [7, 11) is 0. The first-order chi connectivity index (χ1) is 10.4. The Morgan fingerprint density at radius 1 is 1.10 bits per heavy atom. The Hall–Kier alpha value is -1.95. The molecule has 1 saturated carbocycles. The lowest BCUT2D eigenvalue weighted by atomic mass is 10.1. The molecular formula is C15H15N5S. The Morgan fingerprint density at radius 3 is 2.86 bits per heavy atom. The molecule has 2 aromatic heterocycles. The van der Waals surface area contributed by atoms with Gasteiger partial charge in [-0.1, -0.05) is 31.0 Å². The molecule has 4 rings (SSSR count). The predicted octanol–water partition coefficient (Wildman–Crippen LogP) is 3.56. The van der Waals surface area contributed by atoms with E-state index in [1.54, 1.807) is 6.33 Å². The summed E-state index contributed by atoms with van der Waals surface area (Å²) in [6, 6.07) is 8.00. The molecule has 5 nitrogen and oxygen atoms in total. The second-order valence-corrected chi connectivity index (χ2v) is 6.24. The molecule has 0 amide bonds. The molecule has 0 unspecified atom stereocenters. The molecule has 0 saturated heterocycles. The Bertz CT molecular complexity index is 758. The van der Waals surface area contributed by atoms with Crippen molar-refractivity contribution in [1.82, 2.24) is 25.1 Å². The summed E-state index contributed by atoms with van der Waals surface area (Å²) >= 11 is 1.49. The van der Waals surface area contributed by atoms with Crippen LogP contribution in [0.2, 0.25) is 0 Å². The average molecular weight is 297 g/mol. The van der Waals surface area contributed by atoms with E-state index in [2.05, 4.69) is 25.1 Å². The minimum atomic E-state index is 0.550. The molecule has 0 radical (unpaired) electrons. The van der Waals surface area contributed by atoms with E-state index in [4.69, 9.17) is 0 Å². The van der Waals surface area contributed by atoms with Gasteiger partial charge in [0.2, 0.25) is 5.16 Å². The van der Waals surface area contributed by atoms with Gasteiger partial charge in [0.05, 0.1) is 5.52 Å². The van der Waals surface area contributed by atoms with Gasteiger partial charge in [0, 0.05) is 11.3 Å². The minimum absolute atomic E-state index is 0.550. The summed E-state index contributed by atoms with van der Waals surface area (Å²) in [5, 5.41) is 10.1. The van der Waals surface area contributed by atoms with Crippen LogP contribution in [-0.2, 0) is 0 Å². The van der Waals surface area contributed by atoms with Crippen LogP contribution in [0.4, 0.5) is 0 Å². The van der Waals surface area contributed by atoms with E-state index in [1.807, 2.05) is 24.3 Å². The summed E-state index contributed by atoms with van der Waals surface area (Å²) in [6.45, 7) is 0. The Balaban J connectivity index is 1.62. The van der Waals surface area contributed by atoms with Crippen molar-refractivity contribution in [2.24, 2.45) is 0 Å². The van der Waals surface area contributed by atoms with Crippen molar-refractivity contribution in [2.75, 3.05) is 0 Å². The predicted molar refractivity (Wildman–Crippen MR) is 81.3 cm³/mol. The number of hydrogen-bond donors (Lipinski definition) is 1. The van der Waals surface area contributed by atoms with Crippen LogP contribution in [0.3, 0.4) is 0 Å². The normalized spacial score (nSPS) is 15.8. The summed E-state index contributed by atoms with van der Waals surface area (Å²) in [6.07, 6.45) is 6.62. The van der Waals surface area contributed by atoms with Crippen molar-refractivity contribution >= 4 is 22.7 Å². The molecule has 21 heavy (non-hydrogen) atoms. The summed E-state index contributed by atoms with van der Waals surface area (Å²) in [5.41, 5.74) is 0.946. The first kappa shape index (κ1) is 12.8. The van der Waals surface area contributed by atoms with Gasteiger partial charge in [0.15, 0.2) is 0 Å². The van der Waals surface area contributed by atoms with Crippen LogP contribution in [-0.4, -0.2) is 25.1 Å². The summed E-state index contributed by atoms with van der Waals surface area (Å²) in [4.78, 5) is 13.3. The molecule has 2 heterocycles. The number of benzene rings is 1. The van der Waals surface area contributed by atoms with E-state index >= 15 is 0 Å². The second kappa shape index (κ2) is 5.44. The SMILES string of the molecule is c1ccc2c(Sc3n[nH]c(C4CCCC4)n3)ncnc2c1. The fourth-order valence-corrected chi connectivity index (χ4v) is 3.62. The van der Waals surface area contributed by atoms with Crippen molar-refractivity contribution in [1.29, 1.82) is 0 Å². The Morgan fingerprint density at radius 2 is 1.95 bits per heavy atom. The molecule has 0 spiro atoms. The number of nitrogens with zero attached hydrogens (tertiary/aromatic N) is 4. The highest BCUT2D eigenvalue weighted by atomic mass is 32.2. The summed E-state index contributed by atoms with van der Waals surface area (Å²) in [5.74, 6) is 1.57. The first-order valence-corrected chi connectivity index (χ1v) is 8.02. The lowest BCUT2D eigenvalue weighted by Gasteiger charge is -2.02. The van der Waals surface area contributed by atoms with Crippen molar-refractivity contribution in [3.63, 3.8) is 0 Å². The maximum absolute atomic E-state index is 4.63.